The molecule has 0 radical (unpaired) electrons. The number of rotatable bonds is 6. The summed E-state index contributed by atoms with van der Waals surface area (Å²) in [5, 5.41) is 15.8. The molecule has 0 fully saturated rings. The molecule has 0 spiro atoms. The number of furan rings is 1. The zero-order valence-corrected chi connectivity index (χ0v) is 34.1. The molecule has 6 nitrogen and oxygen atoms in total. The van der Waals surface area contributed by atoms with Crippen LogP contribution in [-0.4, -0.2) is 15.0 Å². The normalized spacial score (nSPS) is 15.5. The predicted octanol–water partition coefficient (Wildman–Crippen LogP) is 14.6. The van der Waals surface area contributed by atoms with Crippen LogP contribution in [0.3, 0.4) is 0 Å². The van der Waals surface area contributed by atoms with Gasteiger partial charge in [0.1, 0.15) is 11.2 Å². The standard InChI is InChI=1S/C57H38N5O/c1-4-14-36(15-5-1)55-58-56(37-16-6-2-7-17-37)60-57(59-55)38-24-28-42(29-25-38)62-49-23-13-10-20-43(49)45-30-33-52-53(54(45)62)47-35-40(27-32-51(47)63-52)39-26-31-50-46(34-39)44-21-11-12-22-48(44)61(50)41-18-8-3-9-19-41/h1-35,55,57,59H/q-1. The highest BCUT2D eigenvalue weighted by Crippen LogP contribution is 2.43. The van der Waals surface area contributed by atoms with Crippen LogP contribution in [0.5, 0.6) is 0 Å². The molecule has 63 heavy (non-hydrogen) atoms. The number of nitrogens with zero attached hydrogens (tertiary/aromatic N) is 4. The average Bonchev–Trinajstić information content (AvgIpc) is 4.02. The minimum atomic E-state index is -0.285. The first-order valence-corrected chi connectivity index (χ1v) is 21.5. The predicted molar refractivity (Wildman–Crippen MR) is 259 cm³/mol. The van der Waals surface area contributed by atoms with Gasteiger partial charge in [-0.25, -0.2) is 0 Å². The fraction of sp³-hybridized carbons (Fsp3) is 0.0351. The number of para-hydroxylation sites is 3. The highest BCUT2D eigenvalue weighted by molar-refractivity contribution is 6.25. The first-order chi connectivity index (χ1) is 31.2. The topological polar surface area (TPSA) is 61.5 Å². The molecular weight excluding hydrogens is 771 g/mol. The van der Waals surface area contributed by atoms with E-state index in [1.165, 1.54) is 32.6 Å². The van der Waals surface area contributed by atoms with Crippen molar-refractivity contribution in [2.24, 2.45) is 4.99 Å². The molecule has 9 aromatic carbocycles. The monoisotopic (exact) mass is 808 g/mol. The van der Waals surface area contributed by atoms with Gasteiger partial charge in [-0.15, -0.1) is 0 Å². The van der Waals surface area contributed by atoms with E-state index in [1.807, 2.05) is 24.3 Å². The molecule has 1 aliphatic rings. The van der Waals surface area contributed by atoms with Crippen LogP contribution in [0.15, 0.2) is 222 Å². The average molecular weight is 809 g/mol. The summed E-state index contributed by atoms with van der Waals surface area (Å²) in [6.45, 7) is 0. The van der Waals surface area contributed by atoms with Gasteiger partial charge in [0.05, 0.1) is 27.5 Å². The number of hydrogen-bond donors (Lipinski definition) is 1. The molecule has 0 saturated heterocycles. The number of hydrogen-bond acceptors (Lipinski definition) is 3. The number of nitrogens with one attached hydrogen (secondary N) is 1. The largest absolute Gasteiger partial charge is 0.456 e. The van der Waals surface area contributed by atoms with E-state index >= 15 is 0 Å². The van der Waals surface area contributed by atoms with Crippen molar-refractivity contribution in [1.29, 1.82) is 0 Å². The Balaban J connectivity index is 0.950. The summed E-state index contributed by atoms with van der Waals surface area (Å²) < 4.78 is 11.4. The highest BCUT2D eigenvalue weighted by Gasteiger charge is 2.22. The summed E-state index contributed by atoms with van der Waals surface area (Å²) in [5.74, 6) is 0.743. The summed E-state index contributed by atoms with van der Waals surface area (Å²) in [4.78, 5) is 5.16. The molecule has 3 aromatic heterocycles. The second kappa shape index (κ2) is 14.2. The van der Waals surface area contributed by atoms with E-state index in [2.05, 4.69) is 203 Å². The highest BCUT2D eigenvalue weighted by atomic mass is 16.3. The number of amidine groups is 1. The Morgan fingerprint density at radius 2 is 1.02 bits per heavy atom. The summed E-state index contributed by atoms with van der Waals surface area (Å²) in [6.07, 6.45) is -0.516. The Hall–Kier alpha value is -8.19. The van der Waals surface area contributed by atoms with Gasteiger partial charge in [-0.2, -0.15) is 0 Å². The van der Waals surface area contributed by atoms with Crippen molar-refractivity contribution in [3.63, 3.8) is 0 Å². The molecule has 0 saturated carbocycles. The Labute approximate surface area is 363 Å². The second-order valence-corrected chi connectivity index (χ2v) is 16.3. The van der Waals surface area contributed by atoms with E-state index in [4.69, 9.17) is 14.7 Å². The lowest BCUT2D eigenvalue weighted by atomic mass is 10.00. The van der Waals surface area contributed by atoms with E-state index in [9.17, 15) is 0 Å². The Kier molecular flexibility index (Phi) is 8.01. The first-order valence-electron chi connectivity index (χ1n) is 21.5. The molecular formula is C57H38N5O-. The van der Waals surface area contributed by atoms with E-state index in [-0.39, 0.29) is 12.3 Å². The summed E-state index contributed by atoms with van der Waals surface area (Å²) in [6, 6.07) is 75.3. The van der Waals surface area contributed by atoms with Crippen LogP contribution < -0.4 is 5.32 Å². The lowest BCUT2D eigenvalue weighted by Crippen LogP contribution is -2.31. The van der Waals surface area contributed by atoms with Crippen molar-refractivity contribution in [3.05, 3.63) is 234 Å². The van der Waals surface area contributed by atoms with Gasteiger partial charge in [-0.3, -0.25) is 0 Å². The van der Waals surface area contributed by atoms with Gasteiger partial charge in [0, 0.05) is 50.6 Å². The summed E-state index contributed by atoms with van der Waals surface area (Å²) in [7, 11) is 0. The third-order valence-electron chi connectivity index (χ3n) is 12.7. The van der Waals surface area contributed by atoms with Crippen LogP contribution >= 0.6 is 0 Å². The quantitative estimate of drug-likeness (QED) is 0.182. The second-order valence-electron chi connectivity index (χ2n) is 16.3. The van der Waals surface area contributed by atoms with Crippen LogP contribution in [0.1, 0.15) is 29.0 Å². The maximum atomic E-state index is 6.66. The summed E-state index contributed by atoms with van der Waals surface area (Å²) >= 11 is 0. The van der Waals surface area contributed by atoms with Gasteiger partial charge < -0.3 is 29.2 Å². The van der Waals surface area contributed by atoms with Crippen molar-refractivity contribution < 1.29 is 4.42 Å². The zero-order valence-electron chi connectivity index (χ0n) is 34.1. The van der Waals surface area contributed by atoms with Crippen molar-refractivity contribution in [2.45, 2.75) is 12.3 Å². The van der Waals surface area contributed by atoms with Crippen LogP contribution in [-0.2, 0) is 0 Å². The molecule has 0 aliphatic carbocycles. The van der Waals surface area contributed by atoms with E-state index in [0.717, 1.165) is 78.0 Å². The molecule has 2 atom stereocenters. The fourth-order valence-corrected chi connectivity index (χ4v) is 9.79. The smallest absolute Gasteiger partial charge is 0.137 e. The molecule has 4 heterocycles. The molecule has 0 amide bonds. The van der Waals surface area contributed by atoms with E-state index < -0.39 is 0 Å². The molecule has 1 aliphatic heterocycles. The molecule has 12 aromatic rings. The van der Waals surface area contributed by atoms with Crippen LogP contribution in [0.2, 0.25) is 0 Å². The van der Waals surface area contributed by atoms with E-state index in [1.54, 1.807) is 0 Å². The van der Waals surface area contributed by atoms with Crippen molar-refractivity contribution in [1.82, 2.24) is 14.5 Å². The SMILES string of the molecule is c1ccc(C2=NC(c3ccc(-n4c5ccccc5c5ccc6oc7ccc(-c8ccc9c(c8)c8ccccc8n9-c8ccccc8)cc7c6c54)cc3)NC(c3ccccc3)[N-]2)cc1. The molecule has 13 rings (SSSR count). The molecule has 6 heteroatoms. The van der Waals surface area contributed by atoms with Gasteiger partial charge in [0.2, 0.25) is 0 Å². The molecule has 298 valence electrons. The summed E-state index contributed by atoms with van der Waals surface area (Å²) in [5.41, 5.74) is 14.1. The Morgan fingerprint density at radius 3 is 1.78 bits per heavy atom. The third-order valence-corrected chi connectivity index (χ3v) is 12.7. The zero-order chi connectivity index (χ0) is 41.4. The van der Waals surface area contributed by atoms with Crippen LogP contribution in [0.4, 0.5) is 0 Å². The number of benzene rings is 9. The Bertz CT molecular complexity index is 3730. The van der Waals surface area contributed by atoms with Gasteiger partial charge >= 0.3 is 0 Å². The van der Waals surface area contributed by atoms with Gasteiger partial charge in [0.25, 0.3) is 0 Å². The van der Waals surface area contributed by atoms with Crippen molar-refractivity contribution >= 4 is 71.4 Å². The number of aromatic nitrogens is 2. The number of aliphatic imine (C=N–C) groups is 1. The third kappa shape index (κ3) is 5.73. The minimum Gasteiger partial charge on any atom is -0.456 e. The maximum absolute atomic E-state index is 6.66. The van der Waals surface area contributed by atoms with Gasteiger partial charge in [0.15, 0.2) is 0 Å². The van der Waals surface area contributed by atoms with Gasteiger partial charge in [-0.05, 0) is 101 Å². The molecule has 1 N–H and O–H groups in total. The minimum absolute atomic E-state index is 0.231. The lowest BCUT2D eigenvalue weighted by molar-refractivity contribution is 0.488. The Morgan fingerprint density at radius 1 is 0.429 bits per heavy atom. The number of fused-ring (bicyclic) bond motifs is 10. The van der Waals surface area contributed by atoms with Crippen LogP contribution in [0.25, 0.3) is 93.4 Å². The van der Waals surface area contributed by atoms with Crippen molar-refractivity contribution in [3.8, 4) is 22.5 Å². The van der Waals surface area contributed by atoms with Crippen LogP contribution in [0, 0.1) is 0 Å². The first kappa shape index (κ1) is 35.6. The molecule has 0 bridgehead atoms. The van der Waals surface area contributed by atoms with Gasteiger partial charge in [-0.1, -0.05) is 145 Å². The fourth-order valence-electron chi connectivity index (χ4n) is 9.79. The lowest BCUT2D eigenvalue weighted by Gasteiger charge is -2.40. The molecule has 2 unspecified atom stereocenters. The maximum Gasteiger partial charge on any atom is 0.137 e. The van der Waals surface area contributed by atoms with Crippen molar-refractivity contribution in [2.75, 3.05) is 0 Å². The van der Waals surface area contributed by atoms with E-state index in [0.29, 0.717) is 0 Å².